The van der Waals surface area contributed by atoms with Crippen LogP contribution in [0.3, 0.4) is 0 Å². The third-order valence-corrected chi connectivity index (χ3v) is 3.53. The number of nitrogens with one attached hydrogen (secondary N) is 1. The van der Waals surface area contributed by atoms with Crippen molar-refractivity contribution in [2.24, 2.45) is 11.7 Å². The Balaban J connectivity index is 0.00000324. The first-order valence-electron chi connectivity index (χ1n) is 6.04. The highest BCUT2D eigenvalue weighted by atomic mass is 35.5. The molecule has 6 heteroatoms. The van der Waals surface area contributed by atoms with Gasteiger partial charge in [-0.1, -0.05) is 13.8 Å². The van der Waals surface area contributed by atoms with Gasteiger partial charge in [-0.15, -0.1) is 23.7 Å². The van der Waals surface area contributed by atoms with Crippen LogP contribution in [-0.2, 0) is 0 Å². The lowest BCUT2D eigenvalue weighted by atomic mass is 10.0. The number of carbonyl (C=O) groups excluding carboxylic acids is 2. The normalized spacial score (nSPS) is 11.8. The van der Waals surface area contributed by atoms with E-state index in [0.717, 1.165) is 6.42 Å². The minimum absolute atomic E-state index is 0. The number of nitrogens with two attached hydrogens (primary N) is 1. The number of hydrogen-bond donors (Lipinski definition) is 2. The molecule has 108 valence electrons. The molecule has 0 aliphatic rings. The predicted octanol–water partition coefficient (Wildman–Crippen LogP) is 2.48. The second kappa shape index (κ2) is 8.30. The van der Waals surface area contributed by atoms with Gasteiger partial charge in [0, 0.05) is 23.5 Å². The lowest BCUT2D eigenvalue weighted by molar-refractivity contribution is 0.0938. The summed E-state index contributed by atoms with van der Waals surface area (Å²) >= 11 is 1.28. The third kappa shape index (κ3) is 5.72. The van der Waals surface area contributed by atoms with Gasteiger partial charge in [-0.05, 0) is 25.3 Å². The Hall–Kier alpha value is -0.910. The van der Waals surface area contributed by atoms with Crippen LogP contribution in [0.2, 0.25) is 0 Å². The van der Waals surface area contributed by atoms with Crippen molar-refractivity contribution in [2.75, 3.05) is 6.54 Å². The molecule has 1 aromatic heterocycles. The van der Waals surface area contributed by atoms with E-state index in [1.54, 1.807) is 11.4 Å². The molecule has 1 rings (SSSR count). The number of hydrogen-bond acceptors (Lipinski definition) is 4. The first-order chi connectivity index (χ1) is 8.43. The number of Topliss-reactive ketones (excluding diaryl/α,β-unsaturated/α-hetero) is 1. The fourth-order valence-corrected chi connectivity index (χ4v) is 2.53. The van der Waals surface area contributed by atoms with Crippen LogP contribution < -0.4 is 11.1 Å². The third-order valence-electron chi connectivity index (χ3n) is 2.61. The van der Waals surface area contributed by atoms with Crippen LogP contribution in [0.4, 0.5) is 0 Å². The number of rotatable bonds is 6. The van der Waals surface area contributed by atoms with Crippen molar-refractivity contribution < 1.29 is 9.59 Å². The molecule has 0 aliphatic carbocycles. The number of halogens is 1. The van der Waals surface area contributed by atoms with Gasteiger partial charge >= 0.3 is 0 Å². The van der Waals surface area contributed by atoms with Gasteiger partial charge < -0.3 is 11.1 Å². The second-order valence-corrected chi connectivity index (χ2v) is 5.70. The highest BCUT2D eigenvalue weighted by Gasteiger charge is 2.16. The number of carbonyl (C=O) groups is 2. The Morgan fingerprint density at radius 1 is 1.42 bits per heavy atom. The van der Waals surface area contributed by atoms with Gasteiger partial charge in [-0.2, -0.15) is 0 Å². The summed E-state index contributed by atoms with van der Waals surface area (Å²) in [7, 11) is 0. The van der Waals surface area contributed by atoms with Crippen molar-refractivity contribution in [3.8, 4) is 0 Å². The van der Waals surface area contributed by atoms with Crippen LogP contribution in [0.5, 0.6) is 0 Å². The van der Waals surface area contributed by atoms with E-state index in [4.69, 9.17) is 5.73 Å². The molecule has 0 aromatic carbocycles. The maximum Gasteiger partial charge on any atom is 0.261 e. The van der Waals surface area contributed by atoms with Crippen LogP contribution in [-0.4, -0.2) is 24.3 Å². The summed E-state index contributed by atoms with van der Waals surface area (Å²) in [5.74, 6) is 0.307. The second-order valence-electron chi connectivity index (χ2n) is 4.79. The molecule has 1 amide bonds. The molecule has 4 nitrogen and oxygen atoms in total. The average Bonchev–Trinajstić information content (AvgIpc) is 2.76. The molecule has 0 radical (unpaired) electrons. The zero-order valence-corrected chi connectivity index (χ0v) is 13.1. The van der Waals surface area contributed by atoms with Gasteiger partial charge in [0.2, 0.25) is 0 Å². The molecule has 0 aliphatic heterocycles. The van der Waals surface area contributed by atoms with E-state index < -0.39 is 0 Å². The topological polar surface area (TPSA) is 72.2 Å². The Kier molecular flexibility index (Phi) is 7.90. The first-order valence-corrected chi connectivity index (χ1v) is 6.92. The van der Waals surface area contributed by atoms with Crippen molar-refractivity contribution in [3.05, 3.63) is 21.9 Å². The largest absolute Gasteiger partial charge is 0.347 e. The summed E-state index contributed by atoms with van der Waals surface area (Å²) in [6, 6.07) is 1.62. The van der Waals surface area contributed by atoms with Gasteiger partial charge in [-0.25, -0.2) is 0 Å². The van der Waals surface area contributed by atoms with Gasteiger partial charge in [0.05, 0.1) is 4.88 Å². The van der Waals surface area contributed by atoms with Crippen LogP contribution in [0.1, 0.15) is 47.2 Å². The molecule has 0 saturated carbocycles. The molecule has 3 N–H and O–H groups in total. The minimum atomic E-state index is -0.149. The summed E-state index contributed by atoms with van der Waals surface area (Å²) in [6.45, 7) is 6.10. The van der Waals surface area contributed by atoms with E-state index >= 15 is 0 Å². The lowest BCUT2D eigenvalue weighted by Crippen LogP contribution is -2.40. The smallest absolute Gasteiger partial charge is 0.261 e. The Bertz CT molecular complexity index is 432. The Morgan fingerprint density at radius 3 is 2.47 bits per heavy atom. The summed E-state index contributed by atoms with van der Waals surface area (Å²) in [6.07, 6.45) is 0.854. The monoisotopic (exact) mass is 304 g/mol. The molecular formula is C13H21ClN2O2S. The molecule has 1 aromatic rings. The van der Waals surface area contributed by atoms with Gasteiger partial charge in [0.15, 0.2) is 5.78 Å². The van der Waals surface area contributed by atoms with Crippen LogP contribution in [0, 0.1) is 5.92 Å². The van der Waals surface area contributed by atoms with Crippen molar-refractivity contribution in [2.45, 2.75) is 33.2 Å². The molecule has 1 heterocycles. The highest BCUT2D eigenvalue weighted by Crippen LogP contribution is 2.15. The number of ketones is 1. The number of amides is 1. The summed E-state index contributed by atoms with van der Waals surface area (Å²) in [5, 5.41) is 4.61. The van der Waals surface area contributed by atoms with E-state index in [1.165, 1.54) is 18.3 Å². The minimum Gasteiger partial charge on any atom is -0.347 e. The average molecular weight is 305 g/mol. The van der Waals surface area contributed by atoms with Gasteiger partial charge in [0.25, 0.3) is 5.91 Å². The van der Waals surface area contributed by atoms with Crippen LogP contribution in [0.15, 0.2) is 11.4 Å². The predicted molar refractivity (Wildman–Crippen MR) is 81.3 cm³/mol. The van der Waals surface area contributed by atoms with E-state index in [-0.39, 0.29) is 30.1 Å². The standard InChI is InChI=1S/C13H20N2O2S.ClH/c1-8(2)4-11(6-14)15-13(17)12-5-10(7-18-12)9(3)16;/h5,7-8,11H,4,6,14H2,1-3H3,(H,15,17);1H. The van der Waals surface area contributed by atoms with E-state index in [1.807, 2.05) is 0 Å². The molecule has 0 spiro atoms. The quantitative estimate of drug-likeness (QED) is 0.793. The highest BCUT2D eigenvalue weighted by molar-refractivity contribution is 7.12. The summed E-state index contributed by atoms with van der Waals surface area (Å²) in [5.41, 5.74) is 6.22. The molecular weight excluding hydrogens is 284 g/mol. The van der Waals surface area contributed by atoms with Crippen molar-refractivity contribution in [3.63, 3.8) is 0 Å². The molecule has 1 atom stereocenters. The van der Waals surface area contributed by atoms with Gasteiger partial charge in [-0.3, -0.25) is 9.59 Å². The molecule has 0 saturated heterocycles. The zero-order chi connectivity index (χ0) is 13.7. The zero-order valence-electron chi connectivity index (χ0n) is 11.4. The van der Waals surface area contributed by atoms with Crippen molar-refractivity contribution >= 4 is 35.4 Å². The van der Waals surface area contributed by atoms with Crippen molar-refractivity contribution in [1.29, 1.82) is 0 Å². The van der Waals surface area contributed by atoms with Crippen LogP contribution in [0.25, 0.3) is 0 Å². The fourth-order valence-electron chi connectivity index (χ4n) is 1.68. The SMILES string of the molecule is CC(=O)c1csc(C(=O)NC(CN)CC(C)C)c1.Cl. The maximum atomic E-state index is 12.0. The molecule has 1 unspecified atom stereocenters. The molecule has 0 fully saturated rings. The van der Waals surface area contributed by atoms with Gasteiger partial charge in [0.1, 0.15) is 0 Å². The maximum absolute atomic E-state index is 12.0. The van der Waals surface area contributed by atoms with E-state index in [2.05, 4.69) is 19.2 Å². The Morgan fingerprint density at radius 2 is 2.05 bits per heavy atom. The van der Waals surface area contributed by atoms with Crippen LogP contribution >= 0.6 is 23.7 Å². The Labute approximate surface area is 124 Å². The molecule has 0 bridgehead atoms. The van der Waals surface area contributed by atoms with Crippen molar-refractivity contribution in [1.82, 2.24) is 5.32 Å². The first kappa shape index (κ1) is 18.1. The lowest BCUT2D eigenvalue weighted by Gasteiger charge is -2.18. The fraction of sp³-hybridized carbons (Fsp3) is 0.538. The van der Waals surface area contributed by atoms with E-state index in [0.29, 0.717) is 22.9 Å². The van der Waals surface area contributed by atoms with E-state index in [9.17, 15) is 9.59 Å². The number of thiophene rings is 1. The molecule has 19 heavy (non-hydrogen) atoms. The summed E-state index contributed by atoms with van der Waals surface area (Å²) in [4.78, 5) is 23.7. The summed E-state index contributed by atoms with van der Waals surface area (Å²) < 4.78 is 0.